The Kier molecular flexibility index (Phi) is 2.44. The van der Waals surface area contributed by atoms with Gasteiger partial charge in [-0.3, -0.25) is 0 Å². The molecule has 88 valence electrons. The first-order valence-electron chi connectivity index (χ1n) is 4.82. The standard InChI is InChI=1S/C10H11F3N2O/c1-16-7-3-2-6-14-8(7)15-9(4-5-9)10(11,12)13/h2-3,6H,4-5H2,1H3,(H,14,15). The number of nitrogens with one attached hydrogen (secondary N) is 1. The van der Waals surface area contributed by atoms with E-state index in [2.05, 4.69) is 10.3 Å². The number of methoxy groups -OCH3 is 1. The number of ether oxygens (including phenoxy) is 1. The Bertz CT molecular complexity index is 388. The number of hydrogen-bond donors (Lipinski definition) is 1. The summed E-state index contributed by atoms with van der Waals surface area (Å²) in [5, 5.41) is 2.43. The first-order valence-corrected chi connectivity index (χ1v) is 4.82. The van der Waals surface area contributed by atoms with Crippen LogP contribution in [0.5, 0.6) is 5.75 Å². The SMILES string of the molecule is COc1cccnc1NC1(C(F)(F)F)CC1. The van der Waals surface area contributed by atoms with E-state index in [0.717, 1.165) is 0 Å². The molecule has 1 N–H and O–H groups in total. The lowest BCUT2D eigenvalue weighted by atomic mass is 10.2. The molecule has 2 rings (SSSR count). The minimum absolute atomic E-state index is 0.0796. The molecule has 16 heavy (non-hydrogen) atoms. The van der Waals surface area contributed by atoms with Gasteiger partial charge in [0.15, 0.2) is 11.6 Å². The number of hydrogen-bond acceptors (Lipinski definition) is 3. The highest BCUT2D eigenvalue weighted by Crippen LogP contribution is 2.51. The zero-order chi connectivity index (χ0) is 11.8. The van der Waals surface area contributed by atoms with Crippen molar-refractivity contribution in [3.8, 4) is 5.75 Å². The van der Waals surface area contributed by atoms with Crippen molar-refractivity contribution in [3.63, 3.8) is 0 Å². The van der Waals surface area contributed by atoms with Gasteiger partial charge in [0.05, 0.1) is 7.11 Å². The molecule has 6 heteroatoms. The van der Waals surface area contributed by atoms with Crippen LogP contribution in [0.4, 0.5) is 19.0 Å². The van der Waals surface area contributed by atoms with Crippen LogP contribution in [0, 0.1) is 0 Å². The smallest absolute Gasteiger partial charge is 0.411 e. The van der Waals surface area contributed by atoms with Gasteiger partial charge in [0, 0.05) is 6.20 Å². The summed E-state index contributed by atoms with van der Waals surface area (Å²) in [7, 11) is 1.40. The maximum absolute atomic E-state index is 12.7. The molecule has 0 unspecified atom stereocenters. The van der Waals surface area contributed by atoms with Crippen molar-refractivity contribution in [2.75, 3.05) is 12.4 Å². The molecule has 1 aliphatic carbocycles. The van der Waals surface area contributed by atoms with Crippen molar-refractivity contribution in [2.45, 2.75) is 24.6 Å². The molecule has 0 saturated heterocycles. The fourth-order valence-corrected chi connectivity index (χ4v) is 1.48. The van der Waals surface area contributed by atoms with E-state index >= 15 is 0 Å². The Labute approximate surface area is 90.6 Å². The maximum atomic E-state index is 12.7. The monoisotopic (exact) mass is 232 g/mol. The minimum Gasteiger partial charge on any atom is -0.493 e. The van der Waals surface area contributed by atoms with E-state index in [1.54, 1.807) is 12.1 Å². The van der Waals surface area contributed by atoms with Gasteiger partial charge in [-0.25, -0.2) is 4.98 Å². The summed E-state index contributed by atoms with van der Waals surface area (Å²) in [6.07, 6.45) is -2.67. The van der Waals surface area contributed by atoms with E-state index in [4.69, 9.17) is 4.74 Å². The Morgan fingerprint density at radius 3 is 2.62 bits per heavy atom. The van der Waals surface area contributed by atoms with Gasteiger partial charge in [-0.05, 0) is 25.0 Å². The largest absolute Gasteiger partial charge is 0.493 e. The molecule has 0 atom stereocenters. The molecule has 1 fully saturated rings. The van der Waals surface area contributed by atoms with E-state index < -0.39 is 11.7 Å². The Morgan fingerprint density at radius 2 is 2.12 bits per heavy atom. The molecule has 1 aromatic rings. The molecule has 0 amide bonds. The lowest BCUT2D eigenvalue weighted by Gasteiger charge is -2.22. The van der Waals surface area contributed by atoms with Crippen LogP contribution in [-0.4, -0.2) is 23.8 Å². The second-order valence-electron chi connectivity index (χ2n) is 3.76. The fourth-order valence-electron chi connectivity index (χ4n) is 1.48. The highest BCUT2D eigenvalue weighted by molar-refractivity contribution is 5.53. The predicted molar refractivity (Wildman–Crippen MR) is 52.4 cm³/mol. The molecular weight excluding hydrogens is 221 g/mol. The summed E-state index contributed by atoms with van der Waals surface area (Å²) < 4.78 is 43.0. The first-order chi connectivity index (χ1) is 7.48. The van der Waals surface area contributed by atoms with E-state index in [9.17, 15) is 13.2 Å². The third-order valence-corrected chi connectivity index (χ3v) is 2.64. The summed E-state index contributed by atoms with van der Waals surface area (Å²) in [5.41, 5.74) is -1.81. The van der Waals surface area contributed by atoms with Gasteiger partial charge in [0.25, 0.3) is 0 Å². The van der Waals surface area contributed by atoms with Crippen molar-refractivity contribution in [1.29, 1.82) is 0 Å². The highest BCUT2D eigenvalue weighted by atomic mass is 19.4. The topological polar surface area (TPSA) is 34.1 Å². The van der Waals surface area contributed by atoms with Crippen molar-refractivity contribution in [2.24, 2.45) is 0 Å². The number of alkyl halides is 3. The van der Waals surface area contributed by atoms with Gasteiger partial charge in [-0.15, -0.1) is 0 Å². The molecule has 1 aliphatic rings. The Hall–Kier alpha value is -1.46. The summed E-state index contributed by atoms with van der Waals surface area (Å²) in [6, 6.07) is 3.18. The maximum Gasteiger partial charge on any atom is 0.411 e. The molecule has 1 saturated carbocycles. The predicted octanol–water partition coefficient (Wildman–Crippen LogP) is 2.60. The Morgan fingerprint density at radius 1 is 1.44 bits per heavy atom. The van der Waals surface area contributed by atoms with E-state index in [1.165, 1.54) is 13.3 Å². The van der Waals surface area contributed by atoms with Gasteiger partial charge >= 0.3 is 6.18 Å². The van der Waals surface area contributed by atoms with Crippen molar-refractivity contribution in [1.82, 2.24) is 4.98 Å². The zero-order valence-electron chi connectivity index (χ0n) is 8.64. The molecule has 0 aromatic carbocycles. The van der Waals surface area contributed by atoms with Crippen LogP contribution >= 0.6 is 0 Å². The third-order valence-electron chi connectivity index (χ3n) is 2.64. The summed E-state index contributed by atoms with van der Waals surface area (Å²) in [5.74, 6) is 0.456. The van der Waals surface area contributed by atoms with Crippen LogP contribution in [0.1, 0.15) is 12.8 Å². The van der Waals surface area contributed by atoms with Gasteiger partial charge in [0.2, 0.25) is 0 Å². The average Bonchev–Trinajstić information content (AvgIpc) is 2.99. The minimum atomic E-state index is -4.25. The molecule has 1 aromatic heterocycles. The number of rotatable bonds is 3. The Balaban J connectivity index is 2.22. The normalized spacial score (nSPS) is 18.0. The lowest BCUT2D eigenvalue weighted by Crippen LogP contribution is -2.39. The zero-order valence-corrected chi connectivity index (χ0v) is 8.64. The first kappa shape index (κ1) is 11.0. The summed E-state index contributed by atoms with van der Waals surface area (Å²) >= 11 is 0. The van der Waals surface area contributed by atoms with E-state index in [1.807, 2.05) is 0 Å². The average molecular weight is 232 g/mol. The van der Waals surface area contributed by atoms with Crippen molar-refractivity contribution >= 4 is 5.82 Å². The number of anilines is 1. The fraction of sp³-hybridized carbons (Fsp3) is 0.500. The molecular formula is C10H11F3N2O. The number of nitrogens with zero attached hydrogens (tertiary/aromatic N) is 1. The molecule has 1 heterocycles. The van der Waals surface area contributed by atoms with Crippen LogP contribution in [-0.2, 0) is 0 Å². The molecule has 0 spiro atoms. The van der Waals surface area contributed by atoms with Crippen LogP contribution in [0.3, 0.4) is 0 Å². The van der Waals surface area contributed by atoms with Crippen molar-refractivity contribution < 1.29 is 17.9 Å². The second-order valence-corrected chi connectivity index (χ2v) is 3.76. The van der Waals surface area contributed by atoms with E-state index in [-0.39, 0.29) is 18.7 Å². The van der Waals surface area contributed by atoms with Crippen LogP contribution in [0.25, 0.3) is 0 Å². The van der Waals surface area contributed by atoms with Gasteiger partial charge in [-0.1, -0.05) is 0 Å². The highest BCUT2D eigenvalue weighted by Gasteiger charge is 2.63. The number of pyridine rings is 1. The van der Waals surface area contributed by atoms with E-state index in [0.29, 0.717) is 5.75 Å². The molecule has 0 aliphatic heterocycles. The van der Waals surface area contributed by atoms with Crippen LogP contribution < -0.4 is 10.1 Å². The number of halogens is 3. The van der Waals surface area contributed by atoms with Gasteiger partial charge in [0.1, 0.15) is 5.54 Å². The molecule has 3 nitrogen and oxygen atoms in total. The van der Waals surface area contributed by atoms with Crippen LogP contribution in [0.2, 0.25) is 0 Å². The lowest BCUT2D eigenvalue weighted by molar-refractivity contribution is -0.151. The third kappa shape index (κ3) is 1.79. The van der Waals surface area contributed by atoms with Gasteiger partial charge < -0.3 is 10.1 Å². The van der Waals surface area contributed by atoms with Gasteiger partial charge in [-0.2, -0.15) is 13.2 Å². The quantitative estimate of drug-likeness (QED) is 0.869. The van der Waals surface area contributed by atoms with Crippen LogP contribution in [0.15, 0.2) is 18.3 Å². The molecule has 0 bridgehead atoms. The van der Waals surface area contributed by atoms with Crippen molar-refractivity contribution in [3.05, 3.63) is 18.3 Å². The second kappa shape index (κ2) is 3.54. The summed E-state index contributed by atoms with van der Waals surface area (Å²) in [6.45, 7) is 0. The molecule has 0 radical (unpaired) electrons. The number of aromatic nitrogens is 1. The summed E-state index contributed by atoms with van der Waals surface area (Å²) in [4.78, 5) is 3.85.